The van der Waals surface area contributed by atoms with Crippen LogP contribution in [0, 0.1) is 13.8 Å². The van der Waals surface area contributed by atoms with Crippen molar-refractivity contribution in [2.75, 3.05) is 33.4 Å². The Morgan fingerprint density at radius 3 is 2.53 bits per heavy atom. The van der Waals surface area contributed by atoms with Crippen LogP contribution in [0.2, 0.25) is 5.02 Å². The molecule has 1 aliphatic rings. The normalized spacial score (nSPS) is 15.6. The molecule has 0 aliphatic carbocycles. The molecular weight excluding hydrogens is 478 g/mol. The second-order valence-corrected chi connectivity index (χ2v) is 10.1. The fourth-order valence-corrected chi connectivity index (χ4v) is 4.56. The Morgan fingerprint density at radius 1 is 1.00 bits per heavy atom. The smallest absolute Gasteiger partial charge is 0.161 e. The number of likely N-dealkylation sites (tertiary alicyclic amines) is 1. The van der Waals surface area contributed by atoms with Gasteiger partial charge >= 0.3 is 0 Å². The number of halogens is 1. The first-order valence-corrected chi connectivity index (χ1v) is 12.8. The first kappa shape index (κ1) is 26.3. The number of aliphatic hydroxyl groups is 1. The molecule has 2 heterocycles. The number of aryl methyl sites for hydroxylation is 3. The monoisotopic (exact) mass is 513 g/mol. The summed E-state index contributed by atoms with van der Waals surface area (Å²) >= 11 is 6.23. The summed E-state index contributed by atoms with van der Waals surface area (Å²) in [6.07, 6.45) is 6.04. The summed E-state index contributed by atoms with van der Waals surface area (Å²) in [5.74, 6) is 2.11. The molecule has 1 aromatic heterocycles. The van der Waals surface area contributed by atoms with Crippen molar-refractivity contribution in [3.8, 4) is 17.2 Å². The second kappa shape index (κ2) is 12.0. The number of hydrogen-bond donors (Lipinski definition) is 1. The van der Waals surface area contributed by atoms with E-state index in [0.717, 1.165) is 60.8 Å². The van der Waals surface area contributed by atoms with Gasteiger partial charge in [-0.05, 0) is 67.6 Å². The standard InChI is InChI=1S/C28H36ClN3O4/c1-21-5-7-24(29)26(15-21)36-20-28(33)9-12-31(13-10-28)19-23-6-8-25(27(16-23)34-3)35-14-4-11-32-18-22(2)17-30-32/h5-8,15-18,33H,4,9-14,19-20H2,1-3H3. The number of ether oxygens (including phenoxy) is 3. The molecular formula is C28H36ClN3O4. The van der Waals surface area contributed by atoms with Crippen LogP contribution in [0.25, 0.3) is 0 Å². The van der Waals surface area contributed by atoms with E-state index in [1.54, 1.807) is 7.11 Å². The van der Waals surface area contributed by atoms with Gasteiger partial charge in [-0.3, -0.25) is 9.58 Å². The van der Waals surface area contributed by atoms with E-state index in [1.165, 1.54) is 0 Å². The van der Waals surface area contributed by atoms with Crippen LogP contribution in [-0.4, -0.2) is 58.8 Å². The molecule has 194 valence electrons. The van der Waals surface area contributed by atoms with Crippen LogP contribution < -0.4 is 14.2 Å². The van der Waals surface area contributed by atoms with Gasteiger partial charge in [0.25, 0.3) is 0 Å². The number of hydrogen-bond acceptors (Lipinski definition) is 6. The SMILES string of the molecule is COc1cc(CN2CCC(O)(COc3cc(C)ccc3Cl)CC2)ccc1OCCCn1cc(C)cn1. The molecule has 1 fully saturated rings. The summed E-state index contributed by atoms with van der Waals surface area (Å²) in [6.45, 7) is 8.04. The van der Waals surface area contributed by atoms with Gasteiger partial charge in [0.05, 0.1) is 24.9 Å². The number of rotatable bonds is 11. The zero-order chi connectivity index (χ0) is 25.5. The second-order valence-electron chi connectivity index (χ2n) is 9.69. The number of nitrogens with zero attached hydrogens (tertiary/aromatic N) is 3. The Hall–Kier alpha value is -2.74. The van der Waals surface area contributed by atoms with E-state index >= 15 is 0 Å². The maximum atomic E-state index is 11.0. The molecule has 4 rings (SSSR count). The average Bonchev–Trinajstić information content (AvgIpc) is 3.29. The molecule has 7 nitrogen and oxygen atoms in total. The number of methoxy groups -OCH3 is 1. The van der Waals surface area contributed by atoms with Crippen LogP contribution in [0.4, 0.5) is 0 Å². The Balaban J connectivity index is 1.24. The number of benzene rings is 2. The largest absolute Gasteiger partial charge is 0.493 e. The van der Waals surface area contributed by atoms with Crippen LogP contribution in [0.3, 0.4) is 0 Å². The van der Waals surface area contributed by atoms with Crippen molar-refractivity contribution in [1.29, 1.82) is 0 Å². The van der Waals surface area contributed by atoms with Gasteiger partial charge in [0, 0.05) is 38.8 Å². The van der Waals surface area contributed by atoms with E-state index < -0.39 is 5.60 Å². The molecule has 0 saturated carbocycles. The Labute approximate surface area is 218 Å². The minimum atomic E-state index is -0.853. The molecule has 0 atom stereocenters. The lowest BCUT2D eigenvalue weighted by atomic mass is 9.92. The molecule has 36 heavy (non-hydrogen) atoms. The molecule has 0 bridgehead atoms. The maximum absolute atomic E-state index is 11.0. The summed E-state index contributed by atoms with van der Waals surface area (Å²) < 4.78 is 19.4. The van der Waals surface area contributed by atoms with E-state index in [2.05, 4.69) is 16.1 Å². The number of aromatic nitrogens is 2. The molecule has 0 unspecified atom stereocenters. The van der Waals surface area contributed by atoms with Crippen LogP contribution in [-0.2, 0) is 13.1 Å². The molecule has 0 spiro atoms. The highest BCUT2D eigenvalue weighted by molar-refractivity contribution is 6.32. The van der Waals surface area contributed by atoms with Crippen LogP contribution in [0.1, 0.15) is 36.0 Å². The van der Waals surface area contributed by atoms with E-state index in [-0.39, 0.29) is 6.61 Å². The Bertz CT molecular complexity index is 1140. The van der Waals surface area contributed by atoms with Crippen molar-refractivity contribution >= 4 is 11.6 Å². The summed E-state index contributed by atoms with van der Waals surface area (Å²) in [6, 6.07) is 11.8. The lowest BCUT2D eigenvalue weighted by molar-refractivity contribution is -0.0537. The van der Waals surface area contributed by atoms with Crippen LogP contribution >= 0.6 is 11.6 Å². The van der Waals surface area contributed by atoms with Gasteiger partial charge in [0.15, 0.2) is 11.5 Å². The first-order chi connectivity index (χ1) is 17.3. The fourth-order valence-electron chi connectivity index (χ4n) is 4.39. The van der Waals surface area contributed by atoms with Gasteiger partial charge in [-0.15, -0.1) is 0 Å². The predicted octanol–water partition coefficient (Wildman–Crippen LogP) is 5.04. The topological polar surface area (TPSA) is 69.0 Å². The summed E-state index contributed by atoms with van der Waals surface area (Å²) in [5.41, 5.74) is 2.53. The highest BCUT2D eigenvalue weighted by Gasteiger charge is 2.33. The van der Waals surface area contributed by atoms with Crippen molar-refractivity contribution in [3.05, 3.63) is 70.5 Å². The molecule has 3 aromatic rings. The minimum absolute atomic E-state index is 0.240. The third-order valence-corrected chi connectivity index (χ3v) is 6.87. The predicted molar refractivity (Wildman–Crippen MR) is 141 cm³/mol. The third-order valence-electron chi connectivity index (χ3n) is 6.56. The lowest BCUT2D eigenvalue weighted by Gasteiger charge is -2.38. The fraction of sp³-hybridized carbons (Fsp3) is 0.464. The van der Waals surface area contributed by atoms with Crippen molar-refractivity contribution in [2.24, 2.45) is 0 Å². The van der Waals surface area contributed by atoms with E-state index in [1.807, 2.05) is 61.3 Å². The maximum Gasteiger partial charge on any atom is 0.161 e. The van der Waals surface area contributed by atoms with Gasteiger partial charge in [0.1, 0.15) is 18.0 Å². The minimum Gasteiger partial charge on any atom is -0.493 e. The Kier molecular flexibility index (Phi) is 8.77. The van der Waals surface area contributed by atoms with Gasteiger partial charge in [-0.1, -0.05) is 23.7 Å². The zero-order valence-corrected chi connectivity index (χ0v) is 22.1. The van der Waals surface area contributed by atoms with Crippen molar-refractivity contribution in [2.45, 2.75) is 51.8 Å². The highest BCUT2D eigenvalue weighted by Crippen LogP contribution is 2.31. The van der Waals surface area contributed by atoms with Crippen molar-refractivity contribution in [1.82, 2.24) is 14.7 Å². The quantitative estimate of drug-likeness (QED) is 0.362. The molecule has 1 N–H and O–H groups in total. The van der Waals surface area contributed by atoms with Crippen molar-refractivity contribution < 1.29 is 19.3 Å². The first-order valence-electron chi connectivity index (χ1n) is 12.5. The van der Waals surface area contributed by atoms with Crippen LogP contribution in [0.15, 0.2) is 48.8 Å². The molecule has 8 heteroatoms. The summed E-state index contributed by atoms with van der Waals surface area (Å²) in [7, 11) is 1.67. The van der Waals surface area contributed by atoms with E-state index in [0.29, 0.717) is 30.2 Å². The summed E-state index contributed by atoms with van der Waals surface area (Å²) in [4.78, 5) is 2.34. The van der Waals surface area contributed by atoms with Gasteiger partial charge < -0.3 is 19.3 Å². The van der Waals surface area contributed by atoms with E-state index in [9.17, 15) is 5.11 Å². The molecule has 0 radical (unpaired) electrons. The average molecular weight is 514 g/mol. The Morgan fingerprint density at radius 2 is 1.81 bits per heavy atom. The molecule has 2 aromatic carbocycles. The molecule has 1 aliphatic heterocycles. The lowest BCUT2D eigenvalue weighted by Crippen LogP contribution is -2.47. The van der Waals surface area contributed by atoms with E-state index in [4.69, 9.17) is 25.8 Å². The number of piperidine rings is 1. The summed E-state index contributed by atoms with van der Waals surface area (Å²) in [5, 5.41) is 15.9. The third kappa shape index (κ3) is 7.15. The zero-order valence-electron chi connectivity index (χ0n) is 21.4. The molecule has 0 amide bonds. The highest BCUT2D eigenvalue weighted by atomic mass is 35.5. The van der Waals surface area contributed by atoms with Crippen molar-refractivity contribution in [3.63, 3.8) is 0 Å². The van der Waals surface area contributed by atoms with Gasteiger partial charge in [-0.25, -0.2) is 0 Å². The van der Waals surface area contributed by atoms with Gasteiger partial charge in [-0.2, -0.15) is 5.10 Å². The van der Waals surface area contributed by atoms with Gasteiger partial charge in [0.2, 0.25) is 0 Å². The van der Waals surface area contributed by atoms with Crippen LogP contribution in [0.5, 0.6) is 17.2 Å². The molecule has 1 saturated heterocycles.